The lowest BCUT2D eigenvalue weighted by Crippen LogP contribution is -2.36. The largest absolute Gasteiger partial charge is 0.391 e. The molecule has 0 radical (unpaired) electrons. The first-order valence-corrected chi connectivity index (χ1v) is 5.52. The van der Waals surface area contributed by atoms with Crippen LogP contribution in [0.2, 0.25) is 0 Å². The molecule has 0 fully saturated rings. The van der Waals surface area contributed by atoms with E-state index in [1.165, 1.54) is 0 Å². The molecule has 14 heavy (non-hydrogen) atoms. The Hall–Kier alpha value is -0.280. The maximum Gasteiger partial charge on any atom is 0.224 e. The second kappa shape index (κ2) is 7.07. The number of nitrogens with one attached hydrogen (secondary N) is 1. The molecule has 4 heteroatoms. The molecule has 0 aliphatic carbocycles. The van der Waals surface area contributed by atoms with Crippen LogP contribution in [0.1, 0.15) is 27.2 Å². The molecule has 0 heterocycles. The van der Waals surface area contributed by atoms with Gasteiger partial charge in [0.2, 0.25) is 5.91 Å². The lowest BCUT2D eigenvalue weighted by Gasteiger charge is -2.15. The Labute approximate surface area is 90.8 Å². The molecule has 2 atom stereocenters. The molecule has 0 rings (SSSR count). The summed E-state index contributed by atoms with van der Waals surface area (Å²) in [6.45, 7) is 6.15. The van der Waals surface area contributed by atoms with E-state index in [1.54, 1.807) is 6.92 Å². The predicted octanol–water partition coefficient (Wildman–Crippen LogP) is 1.38. The normalized spacial score (nSPS) is 15.3. The maximum absolute atomic E-state index is 11.3. The topological polar surface area (TPSA) is 49.3 Å². The average molecular weight is 222 g/mol. The van der Waals surface area contributed by atoms with Crippen LogP contribution < -0.4 is 5.32 Å². The number of alkyl halides is 1. The van der Waals surface area contributed by atoms with Crippen molar-refractivity contribution >= 4 is 17.5 Å². The van der Waals surface area contributed by atoms with Gasteiger partial charge in [-0.25, -0.2) is 0 Å². The standard InChI is InChI=1S/C10H20ClNO2/c1-7(2)4-9(13)6-12-10(14)8(3)5-11/h7-9,13H,4-6H2,1-3H3,(H,12,14). The highest BCUT2D eigenvalue weighted by Gasteiger charge is 2.13. The van der Waals surface area contributed by atoms with E-state index in [0.29, 0.717) is 24.8 Å². The van der Waals surface area contributed by atoms with Crippen molar-refractivity contribution in [2.45, 2.75) is 33.3 Å². The number of hydrogen-bond acceptors (Lipinski definition) is 2. The number of amides is 1. The molecule has 1 amide bonds. The molecule has 0 aromatic carbocycles. The van der Waals surface area contributed by atoms with Crippen LogP contribution in [0, 0.1) is 11.8 Å². The first-order chi connectivity index (χ1) is 6.47. The Morgan fingerprint density at radius 2 is 2.00 bits per heavy atom. The molecule has 2 N–H and O–H groups in total. The van der Waals surface area contributed by atoms with Crippen molar-refractivity contribution in [2.24, 2.45) is 11.8 Å². The van der Waals surface area contributed by atoms with Gasteiger partial charge in [0.15, 0.2) is 0 Å². The molecule has 84 valence electrons. The van der Waals surface area contributed by atoms with Crippen molar-refractivity contribution in [2.75, 3.05) is 12.4 Å². The summed E-state index contributed by atoms with van der Waals surface area (Å²) in [5.41, 5.74) is 0. The molecule has 0 bridgehead atoms. The van der Waals surface area contributed by atoms with Crippen molar-refractivity contribution in [1.82, 2.24) is 5.32 Å². The zero-order valence-corrected chi connectivity index (χ0v) is 9.84. The Kier molecular flexibility index (Phi) is 6.93. The number of aliphatic hydroxyl groups is 1. The molecular formula is C10H20ClNO2. The third-order valence-electron chi connectivity index (χ3n) is 1.93. The van der Waals surface area contributed by atoms with Gasteiger partial charge in [-0.1, -0.05) is 20.8 Å². The molecule has 0 aromatic heterocycles. The third kappa shape index (κ3) is 6.22. The Bertz CT molecular complexity index is 174. The molecule has 0 saturated carbocycles. The second-order valence-corrected chi connectivity index (χ2v) is 4.39. The van der Waals surface area contributed by atoms with E-state index < -0.39 is 6.10 Å². The molecule has 0 aromatic rings. The van der Waals surface area contributed by atoms with E-state index in [0.717, 1.165) is 0 Å². The van der Waals surface area contributed by atoms with Gasteiger partial charge in [0.05, 0.1) is 6.10 Å². The molecule has 0 aliphatic rings. The number of aliphatic hydroxyl groups excluding tert-OH is 1. The van der Waals surface area contributed by atoms with Crippen molar-refractivity contribution in [3.05, 3.63) is 0 Å². The van der Waals surface area contributed by atoms with Crippen LogP contribution in [0.25, 0.3) is 0 Å². The van der Waals surface area contributed by atoms with Crippen molar-refractivity contribution in [1.29, 1.82) is 0 Å². The minimum absolute atomic E-state index is 0.0946. The predicted molar refractivity (Wildman–Crippen MR) is 58.4 cm³/mol. The van der Waals surface area contributed by atoms with Crippen LogP contribution in [-0.2, 0) is 4.79 Å². The van der Waals surface area contributed by atoms with E-state index in [4.69, 9.17) is 11.6 Å². The van der Waals surface area contributed by atoms with Crippen LogP contribution >= 0.6 is 11.6 Å². The van der Waals surface area contributed by atoms with Crippen LogP contribution in [0.3, 0.4) is 0 Å². The lowest BCUT2D eigenvalue weighted by atomic mass is 10.1. The summed E-state index contributed by atoms with van der Waals surface area (Å²) in [4.78, 5) is 11.3. The summed E-state index contributed by atoms with van der Waals surface area (Å²) in [6, 6.07) is 0. The third-order valence-corrected chi connectivity index (χ3v) is 2.40. The number of hydrogen-bond donors (Lipinski definition) is 2. The molecule has 0 aliphatic heterocycles. The monoisotopic (exact) mass is 221 g/mol. The number of carbonyl (C=O) groups excluding carboxylic acids is 1. The summed E-state index contributed by atoms with van der Waals surface area (Å²) < 4.78 is 0. The fraction of sp³-hybridized carbons (Fsp3) is 0.900. The van der Waals surface area contributed by atoms with Crippen LogP contribution in [0.5, 0.6) is 0 Å². The van der Waals surface area contributed by atoms with E-state index in [9.17, 15) is 9.90 Å². The van der Waals surface area contributed by atoms with Gasteiger partial charge in [0, 0.05) is 18.3 Å². The van der Waals surface area contributed by atoms with Gasteiger partial charge >= 0.3 is 0 Å². The van der Waals surface area contributed by atoms with Crippen molar-refractivity contribution < 1.29 is 9.90 Å². The quantitative estimate of drug-likeness (QED) is 0.666. The van der Waals surface area contributed by atoms with Crippen molar-refractivity contribution in [3.8, 4) is 0 Å². The highest BCUT2D eigenvalue weighted by Crippen LogP contribution is 2.04. The first kappa shape index (κ1) is 13.7. The molecule has 2 unspecified atom stereocenters. The maximum atomic E-state index is 11.3. The van der Waals surface area contributed by atoms with E-state index in [2.05, 4.69) is 5.32 Å². The Morgan fingerprint density at radius 3 is 2.43 bits per heavy atom. The van der Waals surface area contributed by atoms with Gasteiger partial charge in [0.25, 0.3) is 0 Å². The zero-order valence-electron chi connectivity index (χ0n) is 9.09. The minimum Gasteiger partial charge on any atom is -0.391 e. The van der Waals surface area contributed by atoms with Gasteiger partial charge in [0.1, 0.15) is 0 Å². The Balaban J connectivity index is 3.66. The summed E-state index contributed by atoms with van der Waals surface area (Å²) >= 11 is 5.52. The highest BCUT2D eigenvalue weighted by atomic mass is 35.5. The lowest BCUT2D eigenvalue weighted by molar-refractivity contribution is -0.124. The summed E-state index contributed by atoms with van der Waals surface area (Å²) in [7, 11) is 0. The summed E-state index contributed by atoms with van der Waals surface area (Å²) in [6.07, 6.45) is 0.247. The average Bonchev–Trinajstić information content (AvgIpc) is 2.11. The highest BCUT2D eigenvalue weighted by molar-refractivity contribution is 6.19. The zero-order chi connectivity index (χ0) is 11.1. The summed E-state index contributed by atoms with van der Waals surface area (Å²) in [5.74, 6) is 0.463. The molecular weight excluding hydrogens is 202 g/mol. The molecule has 3 nitrogen and oxygen atoms in total. The fourth-order valence-electron chi connectivity index (χ4n) is 1.09. The minimum atomic E-state index is -0.457. The van der Waals surface area contributed by atoms with Crippen LogP contribution in [0.4, 0.5) is 0 Å². The van der Waals surface area contributed by atoms with Crippen LogP contribution in [0.15, 0.2) is 0 Å². The number of carbonyl (C=O) groups is 1. The Morgan fingerprint density at radius 1 is 1.43 bits per heavy atom. The van der Waals surface area contributed by atoms with E-state index >= 15 is 0 Å². The fourth-order valence-corrected chi connectivity index (χ4v) is 1.23. The first-order valence-electron chi connectivity index (χ1n) is 4.99. The SMILES string of the molecule is CC(C)CC(O)CNC(=O)C(C)CCl. The van der Waals surface area contributed by atoms with E-state index in [-0.39, 0.29) is 11.8 Å². The van der Waals surface area contributed by atoms with Crippen molar-refractivity contribution in [3.63, 3.8) is 0 Å². The van der Waals surface area contributed by atoms with Gasteiger partial charge in [-0.3, -0.25) is 4.79 Å². The van der Waals surface area contributed by atoms with E-state index in [1.807, 2.05) is 13.8 Å². The number of halogens is 1. The molecule has 0 saturated heterocycles. The van der Waals surface area contributed by atoms with Gasteiger partial charge in [-0.15, -0.1) is 11.6 Å². The molecule has 0 spiro atoms. The van der Waals surface area contributed by atoms with Crippen LogP contribution in [-0.4, -0.2) is 29.5 Å². The smallest absolute Gasteiger partial charge is 0.224 e. The van der Waals surface area contributed by atoms with Gasteiger partial charge < -0.3 is 10.4 Å². The van der Waals surface area contributed by atoms with Gasteiger partial charge in [-0.05, 0) is 12.3 Å². The second-order valence-electron chi connectivity index (χ2n) is 4.08. The number of rotatable bonds is 6. The summed E-state index contributed by atoms with van der Waals surface area (Å²) in [5, 5.41) is 12.1. The van der Waals surface area contributed by atoms with Gasteiger partial charge in [-0.2, -0.15) is 0 Å².